The summed E-state index contributed by atoms with van der Waals surface area (Å²) in [5.41, 5.74) is -7.85. The van der Waals surface area contributed by atoms with Gasteiger partial charge in [-0.15, -0.1) is 11.8 Å². The topological polar surface area (TPSA) is 0 Å². The highest BCUT2D eigenvalue weighted by atomic mass is 32.2. The van der Waals surface area contributed by atoms with E-state index in [1.807, 2.05) is 34.6 Å². The molecule has 0 N–H and O–H groups in total. The molecule has 0 nitrogen and oxygen atoms in total. The molecule has 0 aromatic rings. The van der Waals surface area contributed by atoms with Crippen LogP contribution in [0.25, 0.3) is 0 Å². The highest BCUT2D eigenvalue weighted by molar-refractivity contribution is 8.01. The van der Waals surface area contributed by atoms with Crippen molar-refractivity contribution in [2.75, 3.05) is 0 Å². The highest BCUT2D eigenvalue weighted by Crippen LogP contribution is 2.69. The molecule has 0 rings (SSSR count). The van der Waals surface area contributed by atoms with E-state index in [2.05, 4.69) is 0 Å². The van der Waals surface area contributed by atoms with Gasteiger partial charge in [-0.1, -0.05) is 69.2 Å². The normalized spacial score (nSPS) is 16.2. The Morgan fingerprint density at radius 1 is 0.577 bits per heavy atom. The lowest BCUT2D eigenvalue weighted by atomic mass is 9.51. The summed E-state index contributed by atoms with van der Waals surface area (Å²) in [7, 11) is 0. The van der Waals surface area contributed by atoms with Crippen LogP contribution in [0.5, 0.6) is 0 Å². The predicted octanol–water partition coefficient (Wildman–Crippen LogP) is 8.26. The monoisotopic (exact) mass is 408 g/mol. The van der Waals surface area contributed by atoms with E-state index in [0.29, 0.717) is 0 Å². The molecular formula is C19H34F6S. The second-order valence-electron chi connectivity index (χ2n) is 10.4. The van der Waals surface area contributed by atoms with E-state index in [1.165, 1.54) is 0 Å². The van der Waals surface area contributed by atoms with Crippen LogP contribution in [-0.2, 0) is 0 Å². The first-order chi connectivity index (χ1) is 10.9. The van der Waals surface area contributed by atoms with Crippen molar-refractivity contribution in [3.05, 3.63) is 0 Å². The number of thioether (sulfide) groups is 1. The van der Waals surface area contributed by atoms with Crippen LogP contribution in [0.3, 0.4) is 0 Å². The second-order valence-corrected chi connectivity index (χ2v) is 12.9. The molecule has 0 atom stereocenters. The molecule has 0 aromatic carbocycles. The fourth-order valence-corrected chi connectivity index (χ4v) is 6.34. The fourth-order valence-electron chi connectivity index (χ4n) is 4.47. The molecule has 0 aliphatic heterocycles. The smallest absolute Gasteiger partial charge is 0.170 e. The van der Waals surface area contributed by atoms with Crippen LogP contribution in [-0.4, -0.2) is 21.8 Å². The molecule has 0 aliphatic carbocycles. The molecule has 0 saturated carbocycles. The Kier molecular flexibility index (Phi) is 7.05. The van der Waals surface area contributed by atoms with Crippen molar-refractivity contribution in [2.24, 2.45) is 16.2 Å². The highest BCUT2D eigenvalue weighted by Gasteiger charge is 2.80. The molecule has 0 amide bonds. The van der Waals surface area contributed by atoms with Gasteiger partial charge in [0.1, 0.15) is 0 Å². The molecule has 0 spiro atoms. The molecule has 0 unspecified atom stereocenters. The Hall–Kier alpha value is -0.0700. The zero-order chi connectivity index (χ0) is 21.6. The Bertz CT molecular complexity index is 436. The molecule has 0 bridgehead atoms. The van der Waals surface area contributed by atoms with Crippen molar-refractivity contribution in [1.29, 1.82) is 0 Å². The standard InChI is InChI=1S/C19H34F6S/c1-13(2,3)17(18(20,21)22,19(23,24)25)15(7,8)11-12-16(9,10)26-14(4,5)6/h11-12H2,1-10H3. The molecule has 0 fully saturated rings. The fraction of sp³-hybridized carbons (Fsp3) is 1.00. The van der Waals surface area contributed by atoms with Gasteiger partial charge in [0.25, 0.3) is 0 Å². The van der Waals surface area contributed by atoms with Crippen LogP contribution >= 0.6 is 11.8 Å². The van der Waals surface area contributed by atoms with Crippen molar-refractivity contribution in [1.82, 2.24) is 0 Å². The summed E-state index contributed by atoms with van der Waals surface area (Å²) < 4.78 is 83.6. The van der Waals surface area contributed by atoms with Gasteiger partial charge in [-0.3, -0.25) is 0 Å². The summed E-state index contributed by atoms with van der Waals surface area (Å²) in [6, 6.07) is 0. The number of alkyl halides is 6. The summed E-state index contributed by atoms with van der Waals surface area (Å²) in [6.07, 6.45) is -10.7. The van der Waals surface area contributed by atoms with E-state index in [0.717, 1.165) is 34.6 Å². The summed E-state index contributed by atoms with van der Waals surface area (Å²) >= 11 is 1.57. The summed E-state index contributed by atoms with van der Waals surface area (Å²) in [6.45, 7) is 15.0. The van der Waals surface area contributed by atoms with Crippen molar-refractivity contribution in [3.8, 4) is 0 Å². The molecule has 26 heavy (non-hydrogen) atoms. The van der Waals surface area contributed by atoms with Gasteiger partial charge < -0.3 is 0 Å². The first-order valence-electron chi connectivity index (χ1n) is 8.75. The van der Waals surface area contributed by atoms with E-state index in [4.69, 9.17) is 0 Å². The van der Waals surface area contributed by atoms with Gasteiger partial charge in [-0.05, 0) is 23.7 Å². The third kappa shape index (κ3) is 5.26. The lowest BCUT2D eigenvalue weighted by Gasteiger charge is -2.56. The van der Waals surface area contributed by atoms with E-state index in [9.17, 15) is 26.3 Å². The van der Waals surface area contributed by atoms with Crippen LogP contribution < -0.4 is 0 Å². The van der Waals surface area contributed by atoms with E-state index < -0.39 is 33.3 Å². The number of halogens is 6. The van der Waals surface area contributed by atoms with Crippen LogP contribution in [0.1, 0.15) is 82.1 Å². The Morgan fingerprint density at radius 3 is 1.15 bits per heavy atom. The van der Waals surface area contributed by atoms with Crippen molar-refractivity contribution in [3.63, 3.8) is 0 Å². The van der Waals surface area contributed by atoms with Crippen LogP contribution in [0.2, 0.25) is 0 Å². The number of hydrogen-bond acceptors (Lipinski definition) is 1. The number of rotatable bonds is 5. The third-order valence-electron chi connectivity index (χ3n) is 4.93. The molecule has 0 aromatic heterocycles. The van der Waals surface area contributed by atoms with Crippen LogP contribution in [0, 0.1) is 16.2 Å². The van der Waals surface area contributed by atoms with E-state index >= 15 is 0 Å². The van der Waals surface area contributed by atoms with Crippen LogP contribution in [0.4, 0.5) is 26.3 Å². The largest absolute Gasteiger partial charge is 0.404 e. The maximum absolute atomic E-state index is 14.0. The minimum Gasteiger partial charge on any atom is -0.170 e. The lowest BCUT2D eigenvalue weighted by Crippen LogP contribution is -2.65. The van der Waals surface area contributed by atoms with Crippen molar-refractivity contribution in [2.45, 2.75) is 104 Å². The summed E-state index contributed by atoms with van der Waals surface area (Å²) in [4.78, 5) is 0. The molecular weight excluding hydrogens is 374 g/mol. The van der Waals surface area contributed by atoms with Gasteiger partial charge in [0.15, 0.2) is 5.41 Å². The Balaban J connectivity index is 6.13. The Morgan fingerprint density at radius 2 is 0.923 bits per heavy atom. The molecule has 0 aliphatic rings. The summed E-state index contributed by atoms with van der Waals surface area (Å²) in [5.74, 6) is 0. The molecule has 158 valence electrons. The van der Waals surface area contributed by atoms with Gasteiger partial charge >= 0.3 is 12.4 Å². The van der Waals surface area contributed by atoms with Gasteiger partial charge in [-0.2, -0.15) is 26.3 Å². The molecule has 7 heteroatoms. The van der Waals surface area contributed by atoms with Gasteiger partial charge in [-0.25, -0.2) is 0 Å². The second kappa shape index (κ2) is 7.07. The molecule has 0 heterocycles. The molecule has 0 radical (unpaired) electrons. The average molecular weight is 409 g/mol. The molecule has 0 saturated heterocycles. The maximum Gasteiger partial charge on any atom is 0.404 e. The van der Waals surface area contributed by atoms with E-state index in [-0.39, 0.29) is 17.6 Å². The van der Waals surface area contributed by atoms with Crippen molar-refractivity contribution >= 4 is 11.8 Å². The first-order valence-corrected chi connectivity index (χ1v) is 9.57. The third-order valence-corrected chi connectivity index (χ3v) is 6.29. The SMILES string of the molecule is CC(C)(C)SC(C)(C)CCC(C)(C)C(C(C)(C)C)(C(F)(F)F)C(F)(F)F. The van der Waals surface area contributed by atoms with Gasteiger partial charge in [0, 0.05) is 9.49 Å². The van der Waals surface area contributed by atoms with Gasteiger partial charge in [0.05, 0.1) is 0 Å². The lowest BCUT2D eigenvalue weighted by molar-refractivity contribution is -0.406. The zero-order valence-electron chi connectivity index (χ0n) is 17.6. The predicted molar refractivity (Wildman–Crippen MR) is 98.4 cm³/mol. The average Bonchev–Trinajstić information content (AvgIpc) is 2.16. The quantitative estimate of drug-likeness (QED) is 0.413. The van der Waals surface area contributed by atoms with E-state index in [1.54, 1.807) is 11.8 Å². The van der Waals surface area contributed by atoms with Crippen molar-refractivity contribution < 1.29 is 26.3 Å². The Labute approximate surface area is 158 Å². The first kappa shape index (κ1) is 25.9. The zero-order valence-corrected chi connectivity index (χ0v) is 18.4. The number of hydrogen-bond donors (Lipinski definition) is 0. The summed E-state index contributed by atoms with van der Waals surface area (Å²) in [5, 5.41) is 0. The maximum atomic E-state index is 14.0. The minimum atomic E-state index is -5.41. The van der Waals surface area contributed by atoms with Crippen LogP contribution in [0.15, 0.2) is 0 Å². The minimum absolute atomic E-state index is 0.136. The van der Waals surface area contributed by atoms with Gasteiger partial charge in [0.2, 0.25) is 0 Å².